The Morgan fingerprint density at radius 3 is 1.98 bits per heavy atom. The van der Waals surface area contributed by atoms with E-state index in [2.05, 4.69) is 105 Å². The first-order valence-electron chi connectivity index (χ1n) is 19.6. The van der Waals surface area contributed by atoms with E-state index in [1.807, 2.05) is 48.5 Å². The van der Waals surface area contributed by atoms with Crippen LogP contribution in [0.4, 0.5) is 0 Å². The highest BCUT2D eigenvalue weighted by atomic mass is 15.2. The number of benzene rings is 4. The number of aromatic nitrogens is 15. The molecular weight excluding hydrogens is 775 g/mol. The Morgan fingerprint density at radius 1 is 0.403 bits per heavy atom. The molecule has 9 heterocycles. The van der Waals surface area contributed by atoms with Crippen molar-refractivity contribution in [2.45, 2.75) is 0 Å². The highest BCUT2D eigenvalue weighted by Gasteiger charge is 2.24. The second-order valence-corrected chi connectivity index (χ2v) is 14.6. The van der Waals surface area contributed by atoms with Crippen molar-refractivity contribution in [3.05, 3.63) is 153 Å². The Bertz CT molecular complexity index is 3880. The quantitative estimate of drug-likeness (QED) is 0.162. The Kier molecular flexibility index (Phi) is 7.20. The normalized spacial score (nSPS) is 11.9. The lowest BCUT2D eigenvalue weighted by molar-refractivity contribution is 0.943. The van der Waals surface area contributed by atoms with Crippen LogP contribution in [0.1, 0.15) is 0 Å². The predicted molar refractivity (Wildman–Crippen MR) is 235 cm³/mol. The molecular formula is C47H25N15. The Morgan fingerprint density at radius 2 is 1.11 bits per heavy atom. The third kappa shape index (κ3) is 5.21. The summed E-state index contributed by atoms with van der Waals surface area (Å²) in [5, 5.41) is 4.15. The molecule has 62 heavy (non-hydrogen) atoms. The molecule has 0 atom stereocenters. The van der Waals surface area contributed by atoms with Crippen molar-refractivity contribution < 1.29 is 0 Å². The van der Waals surface area contributed by atoms with Gasteiger partial charge in [-0.15, -0.1) is 0 Å². The van der Waals surface area contributed by atoms with Gasteiger partial charge >= 0.3 is 0 Å². The van der Waals surface area contributed by atoms with E-state index in [1.54, 1.807) is 37.2 Å². The standard InChI is InChI=1S/C47H25N15/c1-3-14-37-28(10-1)29-16-17-39-40(30-11-2-4-15-38(30)61(39)27-9-5-8-26(20-27)33-22-52-43-34(56-33)21-48-25-54-43)41(29)62(37)47-59-45(35-24-53-42-32(55-35)13-7-18-49-42)58-46(60-47)36-23-51-31-12-6-19-50-44(31)57-36/h1-25H. The van der Waals surface area contributed by atoms with Gasteiger partial charge in [0.1, 0.15) is 34.3 Å². The molecule has 13 aromatic rings. The smallest absolute Gasteiger partial charge is 0.238 e. The fourth-order valence-electron chi connectivity index (χ4n) is 8.33. The minimum absolute atomic E-state index is 0.304. The van der Waals surface area contributed by atoms with Crippen LogP contribution in [0.15, 0.2) is 153 Å². The molecule has 0 unspecified atom stereocenters. The van der Waals surface area contributed by atoms with Crippen molar-refractivity contribution in [2.75, 3.05) is 0 Å². The zero-order valence-corrected chi connectivity index (χ0v) is 32.1. The van der Waals surface area contributed by atoms with E-state index in [4.69, 9.17) is 29.9 Å². The predicted octanol–water partition coefficient (Wildman–Crippen LogP) is 8.48. The van der Waals surface area contributed by atoms with Crippen LogP contribution in [0, 0.1) is 0 Å². The van der Waals surface area contributed by atoms with Crippen LogP contribution >= 0.6 is 0 Å². The lowest BCUT2D eigenvalue weighted by atomic mass is 10.1. The van der Waals surface area contributed by atoms with Gasteiger partial charge in [0.05, 0.1) is 52.5 Å². The second-order valence-electron chi connectivity index (χ2n) is 14.6. The van der Waals surface area contributed by atoms with Gasteiger partial charge in [-0.05, 0) is 54.6 Å². The molecule has 0 N–H and O–H groups in total. The average Bonchev–Trinajstić information content (AvgIpc) is 3.86. The van der Waals surface area contributed by atoms with Gasteiger partial charge in [-0.1, -0.05) is 54.6 Å². The molecule has 0 saturated carbocycles. The van der Waals surface area contributed by atoms with Crippen LogP contribution in [0.25, 0.3) is 123 Å². The highest BCUT2D eigenvalue weighted by molar-refractivity contribution is 6.26. The third-order valence-corrected chi connectivity index (χ3v) is 11.0. The van der Waals surface area contributed by atoms with Crippen molar-refractivity contribution in [3.63, 3.8) is 0 Å². The molecule has 288 valence electrons. The molecule has 0 aliphatic carbocycles. The van der Waals surface area contributed by atoms with E-state index in [0.29, 0.717) is 62.5 Å². The Labute approximate surface area is 348 Å². The summed E-state index contributed by atoms with van der Waals surface area (Å²) in [6.07, 6.45) is 11.6. The third-order valence-electron chi connectivity index (χ3n) is 11.0. The van der Waals surface area contributed by atoms with Gasteiger partial charge in [-0.25, -0.2) is 49.8 Å². The summed E-state index contributed by atoms with van der Waals surface area (Å²) in [6.45, 7) is 0. The van der Waals surface area contributed by atoms with Gasteiger partial charge in [0, 0.05) is 45.2 Å². The first-order valence-corrected chi connectivity index (χ1v) is 19.6. The minimum atomic E-state index is 0.304. The Hall–Kier alpha value is -9.11. The summed E-state index contributed by atoms with van der Waals surface area (Å²) in [5.41, 5.74) is 10.8. The first-order chi connectivity index (χ1) is 30.7. The van der Waals surface area contributed by atoms with E-state index in [9.17, 15) is 0 Å². The van der Waals surface area contributed by atoms with E-state index in [0.717, 1.165) is 60.6 Å². The SMILES string of the molecule is c1cc(-c2cnc3ncncc3n2)cc(-n2c3ccccc3c3c2ccc2c4ccccc4n(-c4nc(-c5cnc6ncccc6n5)nc(-c5cnc6cccnc6n5)n4)c23)c1. The second kappa shape index (κ2) is 13.2. The number of para-hydroxylation sites is 2. The molecule has 9 aromatic heterocycles. The largest absolute Gasteiger partial charge is 0.309 e. The van der Waals surface area contributed by atoms with Gasteiger partial charge in [0.15, 0.2) is 28.6 Å². The zero-order chi connectivity index (χ0) is 40.7. The number of fused-ring (bicyclic) bond motifs is 10. The Balaban J connectivity index is 1.09. The summed E-state index contributed by atoms with van der Waals surface area (Å²) in [6, 6.07) is 36.8. The molecule has 13 rings (SSSR count). The molecule has 0 fully saturated rings. The maximum absolute atomic E-state index is 5.19. The fourth-order valence-corrected chi connectivity index (χ4v) is 8.33. The first kappa shape index (κ1) is 33.8. The van der Waals surface area contributed by atoms with E-state index >= 15 is 0 Å². The van der Waals surface area contributed by atoms with E-state index in [1.165, 1.54) is 6.33 Å². The number of rotatable bonds is 5. The number of pyridine rings is 2. The topological polar surface area (TPSA) is 177 Å². The van der Waals surface area contributed by atoms with Crippen LogP contribution < -0.4 is 0 Å². The lowest BCUT2D eigenvalue weighted by Crippen LogP contribution is -2.08. The number of nitrogens with zero attached hydrogens (tertiary/aromatic N) is 15. The van der Waals surface area contributed by atoms with Crippen LogP contribution in [0.3, 0.4) is 0 Å². The molecule has 4 aromatic carbocycles. The van der Waals surface area contributed by atoms with E-state index in [-0.39, 0.29) is 0 Å². The summed E-state index contributed by atoms with van der Waals surface area (Å²) < 4.78 is 4.40. The molecule has 0 amide bonds. The van der Waals surface area contributed by atoms with Gasteiger partial charge in [0.2, 0.25) is 5.95 Å². The molecule has 0 spiro atoms. The van der Waals surface area contributed by atoms with Crippen LogP contribution in [0.5, 0.6) is 0 Å². The van der Waals surface area contributed by atoms with E-state index < -0.39 is 0 Å². The number of hydrogen-bond donors (Lipinski definition) is 0. The fraction of sp³-hybridized carbons (Fsp3) is 0. The molecule has 0 saturated heterocycles. The van der Waals surface area contributed by atoms with Crippen LogP contribution in [-0.2, 0) is 0 Å². The average molecular weight is 800 g/mol. The summed E-state index contributed by atoms with van der Waals surface area (Å²) >= 11 is 0. The summed E-state index contributed by atoms with van der Waals surface area (Å²) in [7, 11) is 0. The van der Waals surface area contributed by atoms with Crippen molar-refractivity contribution in [1.82, 2.24) is 73.9 Å². The lowest BCUT2D eigenvalue weighted by Gasteiger charge is -2.12. The van der Waals surface area contributed by atoms with Gasteiger partial charge in [-0.3, -0.25) is 9.55 Å². The molecule has 15 nitrogen and oxygen atoms in total. The van der Waals surface area contributed by atoms with Crippen LogP contribution in [-0.4, -0.2) is 73.9 Å². The van der Waals surface area contributed by atoms with Gasteiger partial charge < -0.3 is 4.57 Å². The van der Waals surface area contributed by atoms with Crippen molar-refractivity contribution >= 4 is 77.1 Å². The maximum Gasteiger partial charge on any atom is 0.238 e. The molecule has 0 bridgehead atoms. The number of hydrogen-bond acceptors (Lipinski definition) is 13. The monoisotopic (exact) mass is 799 g/mol. The van der Waals surface area contributed by atoms with Crippen molar-refractivity contribution in [1.29, 1.82) is 0 Å². The molecule has 0 radical (unpaired) electrons. The summed E-state index contributed by atoms with van der Waals surface area (Å²) in [5.74, 6) is 0.989. The zero-order valence-electron chi connectivity index (χ0n) is 32.1. The molecule has 0 aliphatic rings. The van der Waals surface area contributed by atoms with Crippen molar-refractivity contribution in [2.24, 2.45) is 0 Å². The molecule has 15 heteroatoms. The highest BCUT2D eigenvalue weighted by Crippen LogP contribution is 2.42. The van der Waals surface area contributed by atoms with Crippen LogP contribution in [0.2, 0.25) is 0 Å². The minimum Gasteiger partial charge on any atom is -0.309 e. The molecule has 0 aliphatic heterocycles. The van der Waals surface area contributed by atoms with Gasteiger partial charge in [0.25, 0.3) is 0 Å². The summed E-state index contributed by atoms with van der Waals surface area (Å²) in [4.78, 5) is 61.0. The maximum atomic E-state index is 5.19. The van der Waals surface area contributed by atoms with Gasteiger partial charge in [-0.2, -0.15) is 9.97 Å². The van der Waals surface area contributed by atoms with Crippen molar-refractivity contribution in [3.8, 4) is 45.9 Å².